The van der Waals surface area contributed by atoms with Crippen LogP contribution in [0, 0.1) is 11.6 Å². The highest BCUT2D eigenvalue weighted by Gasteiger charge is 2.19. The van der Waals surface area contributed by atoms with Gasteiger partial charge in [0.15, 0.2) is 11.6 Å². The summed E-state index contributed by atoms with van der Waals surface area (Å²) in [5, 5.41) is 14.4. The fourth-order valence-corrected chi connectivity index (χ4v) is 2.98. The molecule has 0 radical (unpaired) electrons. The largest absolute Gasteiger partial charge is 0.376 e. The molecule has 1 unspecified atom stereocenters. The van der Waals surface area contributed by atoms with Gasteiger partial charge in [0.1, 0.15) is 0 Å². The first-order valence-electron chi connectivity index (χ1n) is 7.37. The van der Waals surface area contributed by atoms with Crippen molar-refractivity contribution in [1.29, 1.82) is 0 Å². The molecule has 0 spiro atoms. The molecule has 1 amide bonds. The fraction of sp³-hybridized carbons (Fsp3) is 0.429. The Morgan fingerprint density at radius 1 is 1.42 bits per heavy atom. The minimum atomic E-state index is -1.01. The van der Waals surface area contributed by atoms with Crippen LogP contribution in [0.1, 0.15) is 12.8 Å². The Morgan fingerprint density at radius 2 is 2.29 bits per heavy atom. The van der Waals surface area contributed by atoms with Gasteiger partial charge in [-0.1, -0.05) is 11.8 Å². The van der Waals surface area contributed by atoms with Crippen molar-refractivity contribution in [2.45, 2.75) is 30.6 Å². The predicted octanol–water partition coefficient (Wildman–Crippen LogP) is 1.86. The lowest BCUT2D eigenvalue weighted by Crippen LogP contribution is -2.18. The van der Waals surface area contributed by atoms with E-state index in [1.807, 2.05) is 0 Å². The van der Waals surface area contributed by atoms with E-state index in [-0.39, 0.29) is 23.5 Å². The zero-order valence-corrected chi connectivity index (χ0v) is 13.4. The number of rotatable bonds is 6. The molecule has 24 heavy (non-hydrogen) atoms. The van der Waals surface area contributed by atoms with Gasteiger partial charge in [0.25, 0.3) is 0 Å². The standard InChI is InChI=1S/C14H15F2N5O2S/c15-11-4-3-9(6-12(11)16)17-13(22)8-24-14-18-19-20-21(14)7-10-2-1-5-23-10/h3-4,6,10H,1-2,5,7-8H2,(H,17,22). The zero-order chi connectivity index (χ0) is 16.9. The monoisotopic (exact) mass is 355 g/mol. The lowest BCUT2D eigenvalue weighted by molar-refractivity contribution is -0.113. The van der Waals surface area contributed by atoms with Gasteiger partial charge in [0.2, 0.25) is 11.1 Å². The average Bonchev–Trinajstić information content (AvgIpc) is 3.21. The summed E-state index contributed by atoms with van der Waals surface area (Å²) in [5.41, 5.74) is 0.193. The highest BCUT2D eigenvalue weighted by molar-refractivity contribution is 7.99. The highest BCUT2D eigenvalue weighted by Crippen LogP contribution is 2.19. The number of amides is 1. The number of anilines is 1. The van der Waals surface area contributed by atoms with Gasteiger partial charge in [0.05, 0.1) is 18.4 Å². The van der Waals surface area contributed by atoms with E-state index in [9.17, 15) is 13.6 Å². The molecule has 1 fully saturated rings. The van der Waals surface area contributed by atoms with Crippen molar-refractivity contribution in [3.63, 3.8) is 0 Å². The number of thioether (sulfide) groups is 1. The maximum Gasteiger partial charge on any atom is 0.234 e. The number of tetrazole rings is 1. The van der Waals surface area contributed by atoms with Gasteiger partial charge in [-0.15, -0.1) is 5.10 Å². The quantitative estimate of drug-likeness (QED) is 0.797. The molecule has 10 heteroatoms. The topological polar surface area (TPSA) is 81.9 Å². The van der Waals surface area contributed by atoms with E-state index in [4.69, 9.17) is 4.74 Å². The number of nitrogens with one attached hydrogen (secondary N) is 1. The van der Waals surface area contributed by atoms with Crippen molar-refractivity contribution < 1.29 is 18.3 Å². The second kappa shape index (κ2) is 7.67. The summed E-state index contributed by atoms with van der Waals surface area (Å²) in [7, 11) is 0. The number of nitrogens with zero attached hydrogens (tertiary/aromatic N) is 4. The van der Waals surface area contributed by atoms with E-state index >= 15 is 0 Å². The number of hydrogen-bond donors (Lipinski definition) is 1. The Balaban J connectivity index is 1.52. The Labute approximate surface area is 140 Å². The van der Waals surface area contributed by atoms with Crippen LogP contribution in [0.15, 0.2) is 23.4 Å². The minimum absolute atomic E-state index is 0.0465. The second-order valence-corrected chi connectivity index (χ2v) is 6.19. The Hall–Kier alpha value is -2.07. The molecule has 2 aromatic rings. The van der Waals surface area contributed by atoms with Crippen LogP contribution in [0.3, 0.4) is 0 Å². The lowest BCUT2D eigenvalue weighted by Gasteiger charge is -2.10. The summed E-state index contributed by atoms with van der Waals surface area (Å²) >= 11 is 1.16. The Morgan fingerprint density at radius 3 is 3.04 bits per heavy atom. The van der Waals surface area contributed by atoms with Gasteiger partial charge in [-0.3, -0.25) is 4.79 Å². The van der Waals surface area contributed by atoms with Crippen LogP contribution in [0.25, 0.3) is 0 Å². The summed E-state index contributed by atoms with van der Waals surface area (Å²) < 4.78 is 33.1. The molecule has 1 aromatic carbocycles. The summed E-state index contributed by atoms with van der Waals surface area (Å²) in [5.74, 6) is -2.29. The Bertz CT molecular complexity index is 721. The van der Waals surface area contributed by atoms with E-state index in [1.54, 1.807) is 4.68 Å². The first kappa shape index (κ1) is 16.8. The molecule has 0 bridgehead atoms. The molecule has 1 aliphatic heterocycles. The molecule has 0 saturated carbocycles. The van der Waals surface area contributed by atoms with Crippen LogP contribution in [0.2, 0.25) is 0 Å². The predicted molar refractivity (Wildman–Crippen MR) is 82.5 cm³/mol. The van der Waals surface area contributed by atoms with E-state index in [2.05, 4.69) is 20.8 Å². The number of carbonyl (C=O) groups excluding carboxylic acids is 1. The van der Waals surface area contributed by atoms with Crippen LogP contribution in [0.4, 0.5) is 14.5 Å². The van der Waals surface area contributed by atoms with Gasteiger partial charge in [0, 0.05) is 18.4 Å². The van der Waals surface area contributed by atoms with Gasteiger partial charge in [-0.25, -0.2) is 13.5 Å². The third kappa shape index (κ3) is 4.26. The minimum Gasteiger partial charge on any atom is -0.376 e. The van der Waals surface area contributed by atoms with Gasteiger partial charge >= 0.3 is 0 Å². The lowest BCUT2D eigenvalue weighted by atomic mass is 10.2. The molecule has 3 rings (SSSR count). The van der Waals surface area contributed by atoms with Gasteiger partial charge < -0.3 is 10.1 Å². The van der Waals surface area contributed by atoms with Crippen LogP contribution in [0.5, 0.6) is 0 Å². The second-order valence-electron chi connectivity index (χ2n) is 5.24. The molecule has 0 aliphatic carbocycles. The summed E-state index contributed by atoms with van der Waals surface area (Å²) in [6.45, 7) is 1.28. The van der Waals surface area contributed by atoms with Crippen molar-refractivity contribution in [2.75, 3.05) is 17.7 Å². The number of halogens is 2. The number of aromatic nitrogens is 4. The molecular weight excluding hydrogens is 340 g/mol. The molecule has 1 aliphatic rings. The molecular formula is C14H15F2N5O2S. The molecule has 7 nitrogen and oxygen atoms in total. The number of benzene rings is 1. The number of hydrogen-bond acceptors (Lipinski definition) is 6. The summed E-state index contributed by atoms with van der Waals surface area (Å²) in [4.78, 5) is 11.9. The molecule has 1 N–H and O–H groups in total. The number of ether oxygens (including phenoxy) is 1. The maximum atomic E-state index is 13.1. The third-order valence-corrected chi connectivity index (χ3v) is 4.39. The first-order valence-corrected chi connectivity index (χ1v) is 8.36. The number of carbonyl (C=O) groups is 1. The van der Waals surface area contributed by atoms with Crippen molar-refractivity contribution in [2.24, 2.45) is 0 Å². The van der Waals surface area contributed by atoms with Crippen molar-refractivity contribution in [3.8, 4) is 0 Å². The Kier molecular flexibility index (Phi) is 5.36. The molecule has 1 atom stereocenters. The normalized spacial score (nSPS) is 17.2. The van der Waals surface area contributed by atoms with Crippen molar-refractivity contribution >= 4 is 23.4 Å². The van der Waals surface area contributed by atoms with E-state index in [0.29, 0.717) is 11.7 Å². The SMILES string of the molecule is O=C(CSc1nnnn1CC1CCCO1)Nc1ccc(F)c(F)c1. The van der Waals surface area contributed by atoms with Gasteiger partial charge in [-0.2, -0.15) is 0 Å². The van der Waals surface area contributed by atoms with Crippen LogP contribution >= 0.6 is 11.8 Å². The fourth-order valence-electron chi connectivity index (χ4n) is 2.30. The first-order chi connectivity index (χ1) is 11.6. The molecule has 128 valence electrons. The van der Waals surface area contributed by atoms with Crippen LogP contribution < -0.4 is 5.32 Å². The molecule has 2 heterocycles. The van der Waals surface area contributed by atoms with Crippen LogP contribution in [-0.2, 0) is 16.1 Å². The maximum absolute atomic E-state index is 13.1. The molecule has 1 saturated heterocycles. The zero-order valence-electron chi connectivity index (χ0n) is 12.6. The van der Waals surface area contributed by atoms with E-state index in [1.165, 1.54) is 6.07 Å². The van der Waals surface area contributed by atoms with Gasteiger partial charge in [-0.05, 0) is 35.4 Å². The smallest absolute Gasteiger partial charge is 0.234 e. The third-order valence-electron chi connectivity index (χ3n) is 3.44. The summed E-state index contributed by atoms with van der Waals surface area (Å²) in [6, 6.07) is 3.18. The van der Waals surface area contributed by atoms with E-state index < -0.39 is 11.6 Å². The summed E-state index contributed by atoms with van der Waals surface area (Å²) in [6.07, 6.45) is 2.07. The van der Waals surface area contributed by atoms with E-state index in [0.717, 1.165) is 43.3 Å². The van der Waals surface area contributed by atoms with Crippen molar-refractivity contribution in [1.82, 2.24) is 20.2 Å². The average molecular weight is 355 g/mol. The highest BCUT2D eigenvalue weighted by atomic mass is 32.2. The van der Waals surface area contributed by atoms with Crippen LogP contribution in [-0.4, -0.2) is 44.6 Å². The van der Waals surface area contributed by atoms with Crippen molar-refractivity contribution in [3.05, 3.63) is 29.8 Å². The molecule has 1 aromatic heterocycles.